The van der Waals surface area contributed by atoms with Crippen LogP contribution in [0.4, 0.5) is 0 Å². The molecule has 0 aliphatic heterocycles. The average molecular weight is 482 g/mol. The highest BCUT2D eigenvalue weighted by Gasteiger charge is 2.38. The predicted molar refractivity (Wildman–Crippen MR) is 134 cm³/mol. The molecule has 2 aromatic carbocycles. The van der Waals surface area contributed by atoms with Crippen LogP contribution in [0.25, 0.3) is 22.0 Å². The molecule has 0 fully saturated rings. The minimum Gasteiger partial charge on any atom is -0.373 e. The van der Waals surface area contributed by atoms with Gasteiger partial charge >= 0.3 is 0 Å². The van der Waals surface area contributed by atoms with Gasteiger partial charge in [0.15, 0.2) is 5.60 Å². The van der Waals surface area contributed by atoms with Crippen molar-refractivity contribution in [2.24, 2.45) is 14.1 Å². The zero-order valence-corrected chi connectivity index (χ0v) is 19.7. The van der Waals surface area contributed by atoms with Crippen molar-refractivity contribution in [3.63, 3.8) is 0 Å². The first kappa shape index (κ1) is 22.5. The topological polar surface area (TPSA) is 96.7 Å². The SMILES string of the molecule is Cn1cncc1[C@@](O)(c1ccc(Cl)cc1)c1cc2c(-c3cccc(C#N)c3)cc(=O)n(C)c2cn1. The van der Waals surface area contributed by atoms with Crippen molar-refractivity contribution in [2.45, 2.75) is 5.60 Å². The number of fused-ring (bicyclic) bond motifs is 1. The van der Waals surface area contributed by atoms with E-state index in [1.165, 1.54) is 10.6 Å². The van der Waals surface area contributed by atoms with Crippen LogP contribution in [0, 0.1) is 11.3 Å². The molecular formula is C27H20ClN5O2. The van der Waals surface area contributed by atoms with E-state index in [0.29, 0.717) is 44.0 Å². The molecule has 8 heteroatoms. The first-order chi connectivity index (χ1) is 16.8. The molecule has 7 nitrogen and oxygen atoms in total. The Hall–Kier alpha value is -4.25. The van der Waals surface area contributed by atoms with Crippen molar-refractivity contribution in [3.05, 3.63) is 117 Å². The van der Waals surface area contributed by atoms with Gasteiger partial charge < -0.3 is 14.2 Å². The van der Waals surface area contributed by atoms with E-state index in [1.54, 1.807) is 85.9 Å². The Bertz CT molecular complexity index is 1680. The zero-order chi connectivity index (χ0) is 24.7. The Morgan fingerprint density at radius 2 is 1.83 bits per heavy atom. The van der Waals surface area contributed by atoms with Crippen molar-refractivity contribution in [1.82, 2.24) is 19.1 Å². The molecule has 0 bridgehead atoms. The van der Waals surface area contributed by atoms with Crippen molar-refractivity contribution < 1.29 is 5.11 Å². The average Bonchev–Trinajstić information content (AvgIpc) is 3.32. The molecule has 3 aromatic heterocycles. The van der Waals surface area contributed by atoms with Crippen molar-refractivity contribution in [2.75, 3.05) is 0 Å². The number of nitrogens with zero attached hydrogens (tertiary/aromatic N) is 5. The molecule has 0 aliphatic rings. The molecule has 0 radical (unpaired) electrons. The monoisotopic (exact) mass is 481 g/mol. The van der Waals surface area contributed by atoms with E-state index in [-0.39, 0.29) is 5.56 Å². The number of nitriles is 1. The number of aryl methyl sites for hydroxylation is 2. The van der Waals surface area contributed by atoms with Crippen LogP contribution in [0.15, 0.2) is 84.2 Å². The van der Waals surface area contributed by atoms with E-state index in [1.807, 2.05) is 6.07 Å². The summed E-state index contributed by atoms with van der Waals surface area (Å²) in [5.41, 5.74) is 2.04. The maximum atomic E-state index is 12.7. The summed E-state index contributed by atoms with van der Waals surface area (Å²) in [4.78, 5) is 21.6. The molecule has 0 unspecified atom stereocenters. The van der Waals surface area contributed by atoms with Gasteiger partial charge in [-0.1, -0.05) is 35.9 Å². The van der Waals surface area contributed by atoms with Gasteiger partial charge in [0.25, 0.3) is 5.56 Å². The van der Waals surface area contributed by atoms with Crippen molar-refractivity contribution >= 4 is 22.5 Å². The minimum atomic E-state index is -1.65. The molecule has 3 heterocycles. The highest BCUT2D eigenvalue weighted by atomic mass is 35.5. The van der Waals surface area contributed by atoms with E-state index < -0.39 is 5.60 Å². The maximum absolute atomic E-state index is 12.7. The third kappa shape index (κ3) is 3.69. The van der Waals surface area contributed by atoms with E-state index in [2.05, 4.69) is 16.0 Å². The molecule has 35 heavy (non-hydrogen) atoms. The molecule has 0 saturated heterocycles. The summed E-state index contributed by atoms with van der Waals surface area (Å²) in [7, 11) is 3.47. The van der Waals surface area contributed by atoms with Gasteiger partial charge in [-0.25, -0.2) is 4.98 Å². The maximum Gasteiger partial charge on any atom is 0.251 e. The fourth-order valence-corrected chi connectivity index (χ4v) is 4.49. The number of rotatable bonds is 4. The summed E-state index contributed by atoms with van der Waals surface area (Å²) in [6, 6.07) is 19.5. The second-order valence-electron chi connectivity index (χ2n) is 8.34. The summed E-state index contributed by atoms with van der Waals surface area (Å²) in [5, 5.41) is 22.9. The second kappa shape index (κ2) is 8.51. The predicted octanol–water partition coefficient (Wildman–Crippen LogP) is 4.14. The summed E-state index contributed by atoms with van der Waals surface area (Å²) < 4.78 is 3.24. The van der Waals surface area contributed by atoms with E-state index in [0.717, 1.165) is 5.56 Å². The smallest absolute Gasteiger partial charge is 0.251 e. The van der Waals surface area contributed by atoms with Gasteiger partial charge in [-0.15, -0.1) is 0 Å². The third-order valence-electron chi connectivity index (χ3n) is 6.26. The van der Waals surface area contributed by atoms with Gasteiger partial charge in [0.2, 0.25) is 0 Å². The van der Waals surface area contributed by atoms with Gasteiger partial charge in [0, 0.05) is 30.6 Å². The number of hydrogen-bond donors (Lipinski definition) is 1. The molecule has 5 rings (SSSR count). The molecule has 0 aliphatic carbocycles. The van der Waals surface area contributed by atoms with Crippen LogP contribution in [0.1, 0.15) is 22.5 Å². The lowest BCUT2D eigenvalue weighted by atomic mass is 9.86. The minimum absolute atomic E-state index is 0.205. The number of benzene rings is 2. The number of hydrogen-bond acceptors (Lipinski definition) is 5. The lowest BCUT2D eigenvalue weighted by Crippen LogP contribution is -2.32. The molecule has 1 N–H and O–H groups in total. The first-order valence-corrected chi connectivity index (χ1v) is 11.2. The highest BCUT2D eigenvalue weighted by molar-refractivity contribution is 6.30. The molecule has 5 aromatic rings. The zero-order valence-electron chi connectivity index (χ0n) is 19.0. The van der Waals surface area contributed by atoms with Gasteiger partial charge in [0.05, 0.1) is 47.3 Å². The summed E-state index contributed by atoms with van der Waals surface area (Å²) in [6.45, 7) is 0. The standard InChI is InChI=1S/C27H20ClN5O2/c1-32-16-30-15-25(32)27(35,19-6-8-20(28)9-7-19)24-11-22-21(18-5-3-4-17(10-18)13-29)12-26(34)33(2)23(22)14-31-24/h3-12,14-16,35H,1-2H3/t27-/m1/s1. The summed E-state index contributed by atoms with van der Waals surface area (Å²) in [5.74, 6) is 0. The molecule has 0 saturated carbocycles. The van der Waals surface area contributed by atoms with Crippen LogP contribution in [0.2, 0.25) is 5.02 Å². The summed E-state index contributed by atoms with van der Waals surface area (Å²) >= 11 is 6.12. The molecular weight excluding hydrogens is 462 g/mol. The number of halogens is 1. The van der Waals surface area contributed by atoms with E-state index in [4.69, 9.17) is 11.6 Å². The Morgan fingerprint density at radius 3 is 2.51 bits per heavy atom. The van der Waals surface area contributed by atoms with E-state index in [9.17, 15) is 15.2 Å². The number of imidazole rings is 1. The summed E-state index contributed by atoms with van der Waals surface area (Å²) in [6.07, 6.45) is 4.79. The lowest BCUT2D eigenvalue weighted by molar-refractivity contribution is 0.113. The largest absolute Gasteiger partial charge is 0.373 e. The van der Waals surface area contributed by atoms with Gasteiger partial charge in [-0.05, 0) is 47.0 Å². The van der Waals surface area contributed by atoms with Crippen LogP contribution >= 0.6 is 11.6 Å². The Kier molecular flexibility index (Phi) is 5.48. The van der Waals surface area contributed by atoms with Crippen molar-refractivity contribution in [3.8, 4) is 17.2 Å². The van der Waals surface area contributed by atoms with Crippen LogP contribution in [-0.2, 0) is 19.7 Å². The quantitative estimate of drug-likeness (QED) is 0.416. The third-order valence-corrected chi connectivity index (χ3v) is 6.51. The van der Waals surface area contributed by atoms with Crippen LogP contribution in [-0.4, -0.2) is 24.2 Å². The highest BCUT2D eigenvalue weighted by Crippen LogP contribution is 2.38. The number of pyridine rings is 2. The Morgan fingerprint density at radius 1 is 1.06 bits per heavy atom. The first-order valence-electron chi connectivity index (χ1n) is 10.8. The number of aliphatic hydroxyl groups is 1. The normalized spacial score (nSPS) is 12.9. The van der Waals surface area contributed by atoms with Crippen LogP contribution in [0.5, 0.6) is 0 Å². The lowest BCUT2D eigenvalue weighted by Gasteiger charge is -2.29. The molecule has 172 valence electrons. The van der Waals surface area contributed by atoms with Gasteiger partial charge in [0.1, 0.15) is 0 Å². The van der Waals surface area contributed by atoms with Crippen molar-refractivity contribution in [1.29, 1.82) is 5.26 Å². The molecule has 0 spiro atoms. The van der Waals surface area contributed by atoms with E-state index >= 15 is 0 Å². The fourth-order valence-electron chi connectivity index (χ4n) is 4.36. The molecule has 0 amide bonds. The van der Waals surface area contributed by atoms with Crippen LogP contribution in [0.3, 0.4) is 0 Å². The second-order valence-corrected chi connectivity index (χ2v) is 8.78. The fraction of sp³-hybridized carbons (Fsp3) is 0.111. The van der Waals surface area contributed by atoms with Crippen LogP contribution < -0.4 is 5.56 Å². The Balaban J connectivity index is 1.84. The van der Waals surface area contributed by atoms with Gasteiger partial charge in [-0.3, -0.25) is 9.78 Å². The Labute approximate surface area is 206 Å². The molecule has 1 atom stereocenters. The van der Waals surface area contributed by atoms with Gasteiger partial charge in [-0.2, -0.15) is 5.26 Å². The number of aromatic nitrogens is 4.